The van der Waals surface area contributed by atoms with Crippen molar-refractivity contribution in [3.63, 3.8) is 0 Å². The van der Waals surface area contributed by atoms with Gasteiger partial charge in [0.05, 0.1) is 11.4 Å². The molecule has 0 bridgehead atoms. The average molecular weight is 285 g/mol. The maximum absolute atomic E-state index is 13.6. The van der Waals surface area contributed by atoms with Crippen LogP contribution in [0, 0.1) is 19.3 Å². The zero-order chi connectivity index (χ0) is 14.7. The molecular weight excluding hydrogens is 272 g/mol. The third-order valence-corrected chi connectivity index (χ3v) is 4.24. The van der Waals surface area contributed by atoms with Crippen LogP contribution in [0.5, 0.6) is 0 Å². The molecule has 0 aliphatic rings. The number of benzene rings is 1. The van der Waals surface area contributed by atoms with Crippen LogP contribution in [0.2, 0.25) is 0 Å². The summed E-state index contributed by atoms with van der Waals surface area (Å²) in [6, 6.07) is 1.82. The lowest BCUT2D eigenvalue weighted by Crippen LogP contribution is -2.44. The summed E-state index contributed by atoms with van der Waals surface area (Å²) in [5.74, 6) is 1.91. The van der Waals surface area contributed by atoms with Crippen LogP contribution in [0.4, 0.5) is 8.78 Å². The van der Waals surface area contributed by atoms with Gasteiger partial charge in [-0.3, -0.25) is 0 Å². The minimum Gasteiger partial charge on any atom is -0.207 e. The van der Waals surface area contributed by atoms with Crippen molar-refractivity contribution in [3.8, 4) is 12.3 Å². The maximum Gasteiger partial charge on any atom is 0.338 e. The Morgan fingerprint density at radius 2 is 1.95 bits per heavy atom. The number of hydrogen-bond acceptors (Lipinski definition) is 2. The Balaban J connectivity index is 3.33. The molecule has 0 saturated carbocycles. The second kappa shape index (κ2) is 5.51. The van der Waals surface area contributed by atoms with E-state index in [0.717, 1.165) is 5.56 Å². The van der Waals surface area contributed by atoms with Gasteiger partial charge in [0.1, 0.15) is 0 Å². The average Bonchev–Trinajstić information content (AvgIpc) is 2.36. The van der Waals surface area contributed by atoms with E-state index in [4.69, 9.17) is 6.42 Å². The summed E-state index contributed by atoms with van der Waals surface area (Å²) in [6.45, 7) is 3.95. The quantitative estimate of drug-likeness (QED) is 0.473. The van der Waals surface area contributed by atoms with Gasteiger partial charge >= 0.3 is 6.05 Å². The standard InChI is InChI=1S/C13H13F2NO2S/c1-4-10-16(13(14,15)5-2)19(17,18)12-8-6-11(3)7-9-12/h1,5-9H,2,10H2,3H3. The fourth-order valence-corrected chi connectivity index (χ4v) is 2.75. The predicted octanol–water partition coefficient (Wildman–Crippen LogP) is 2.40. The van der Waals surface area contributed by atoms with Gasteiger partial charge in [-0.1, -0.05) is 30.2 Å². The molecule has 19 heavy (non-hydrogen) atoms. The molecule has 0 heterocycles. The van der Waals surface area contributed by atoms with E-state index in [1.54, 1.807) is 6.92 Å². The Morgan fingerprint density at radius 1 is 1.42 bits per heavy atom. The van der Waals surface area contributed by atoms with Crippen molar-refractivity contribution in [2.75, 3.05) is 6.54 Å². The van der Waals surface area contributed by atoms with Crippen LogP contribution in [0.1, 0.15) is 5.56 Å². The molecule has 0 amide bonds. The number of aryl methyl sites for hydroxylation is 1. The van der Waals surface area contributed by atoms with Crippen molar-refractivity contribution in [2.24, 2.45) is 0 Å². The van der Waals surface area contributed by atoms with Crippen LogP contribution in [0.3, 0.4) is 0 Å². The van der Waals surface area contributed by atoms with Gasteiger partial charge in [0.25, 0.3) is 0 Å². The third-order valence-electron chi connectivity index (χ3n) is 2.42. The van der Waals surface area contributed by atoms with Crippen LogP contribution in [-0.4, -0.2) is 25.3 Å². The first-order chi connectivity index (χ1) is 8.75. The van der Waals surface area contributed by atoms with E-state index >= 15 is 0 Å². The zero-order valence-corrected chi connectivity index (χ0v) is 11.1. The molecule has 0 fully saturated rings. The fraction of sp³-hybridized carbons (Fsp3) is 0.231. The summed E-state index contributed by atoms with van der Waals surface area (Å²) in [4.78, 5) is -0.241. The van der Waals surface area contributed by atoms with Crippen molar-refractivity contribution in [1.82, 2.24) is 4.31 Å². The normalized spacial score (nSPS) is 12.2. The van der Waals surface area contributed by atoms with Gasteiger partial charge in [-0.05, 0) is 25.1 Å². The number of hydrogen-bond donors (Lipinski definition) is 0. The largest absolute Gasteiger partial charge is 0.338 e. The number of alkyl halides is 2. The van der Waals surface area contributed by atoms with Gasteiger partial charge in [0.2, 0.25) is 10.0 Å². The van der Waals surface area contributed by atoms with Gasteiger partial charge in [-0.25, -0.2) is 8.42 Å². The van der Waals surface area contributed by atoms with Crippen molar-refractivity contribution < 1.29 is 17.2 Å². The fourth-order valence-electron chi connectivity index (χ4n) is 1.37. The number of rotatable bonds is 5. The lowest BCUT2D eigenvalue weighted by atomic mass is 10.2. The lowest BCUT2D eigenvalue weighted by Gasteiger charge is -2.26. The highest BCUT2D eigenvalue weighted by Crippen LogP contribution is 2.28. The van der Waals surface area contributed by atoms with E-state index in [1.807, 2.05) is 5.92 Å². The molecule has 1 aromatic rings. The summed E-state index contributed by atoms with van der Waals surface area (Å²) < 4.78 is 51.4. The number of sulfonamides is 1. The second-order valence-electron chi connectivity index (χ2n) is 3.82. The van der Waals surface area contributed by atoms with Crippen LogP contribution in [-0.2, 0) is 10.0 Å². The van der Waals surface area contributed by atoms with Crippen molar-refractivity contribution in [2.45, 2.75) is 17.9 Å². The van der Waals surface area contributed by atoms with Crippen molar-refractivity contribution in [3.05, 3.63) is 42.5 Å². The predicted molar refractivity (Wildman–Crippen MR) is 69.0 cm³/mol. The number of halogens is 2. The number of terminal acetylenes is 1. The molecule has 0 spiro atoms. The monoisotopic (exact) mass is 285 g/mol. The highest BCUT2D eigenvalue weighted by atomic mass is 32.2. The van der Waals surface area contributed by atoms with Crippen LogP contribution in [0.25, 0.3) is 0 Å². The minimum atomic E-state index is -4.38. The third kappa shape index (κ3) is 3.19. The molecule has 1 rings (SSSR count). The molecule has 0 unspecified atom stereocenters. The summed E-state index contributed by atoms with van der Waals surface area (Å²) >= 11 is 0. The van der Waals surface area contributed by atoms with Gasteiger partial charge in [-0.15, -0.1) is 10.7 Å². The summed E-state index contributed by atoms with van der Waals surface area (Å²) in [5.41, 5.74) is 0.818. The molecule has 0 atom stereocenters. The van der Waals surface area contributed by atoms with Crippen molar-refractivity contribution in [1.29, 1.82) is 0 Å². The first-order valence-corrected chi connectivity index (χ1v) is 6.74. The molecule has 3 nitrogen and oxygen atoms in total. The molecule has 0 N–H and O–H groups in total. The van der Waals surface area contributed by atoms with Crippen LogP contribution < -0.4 is 0 Å². The van der Waals surface area contributed by atoms with E-state index in [-0.39, 0.29) is 15.3 Å². The molecule has 0 aromatic heterocycles. The molecule has 0 aliphatic carbocycles. The highest BCUT2D eigenvalue weighted by Gasteiger charge is 2.42. The SMILES string of the molecule is C#CCN(C(F)(F)C=C)S(=O)(=O)c1ccc(C)cc1. The summed E-state index contributed by atoms with van der Waals surface area (Å²) in [7, 11) is -4.38. The first-order valence-electron chi connectivity index (χ1n) is 5.30. The molecule has 6 heteroatoms. The summed E-state index contributed by atoms with van der Waals surface area (Å²) in [6.07, 6.45) is 5.20. The Bertz CT molecular complexity index is 601. The molecule has 0 radical (unpaired) electrons. The summed E-state index contributed by atoms with van der Waals surface area (Å²) in [5, 5.41) is 0. The van der Waals surface area contributed by atoms with Gasteiger partial charge < -0.3 is 0 Å². The Hall–Kier alpha value is -1.71. The van der Waals surface area contributed by atoms with Gasteiger partial charge in [-0.2, -0.15) is 8.78 Å². The Morgan fingerprint density at radius 3 is 2.37 bits per heavy atom. The molecule has 0 saturated heterocycles. The molecule has 1 aromatic carbocycles. The van der Waals surface area contributed by atoms with Gasteiger partial charge in [0.15, 0.2) is 0 Å². The maximum atomic E-state index is 13.6. The highest BCUT2D eigenvalue weighted by molar-refractivity contribution is 7.89. The Kier molecular flexibility index (Phi) is 4.45. The Labute approximate surface area is 111 Å². The molecular formula is C13H13F2NO2S. The zero-order valence-electron chi connectivity index (χ0n) is 10.3. The van der Waals surface area contributed by atoms with E-state index in [0.29, 0.717) is 0 Å². The van der Waals surface area contributed by atoms with E-state index < -0.39 is 22.6 Å². The second-order valence-corrected chi connectivity index (χ2v) is 5.68. The lowest BCUT2D eigenvalue weighted by molar-refractivity contribution is -0.0466. The van der Waals surface area contributed by atoms with Crippen LogP contribution >= 0.6 is 0 Å². The molecule has 0 aliphatic heterocycles. The van der Waals surface area contributed by atoms with E-state index in [1.165, 1.54) is 24.3 Å². The molecule has 102 valence electrons. The van der Waals surface area contributed by atoms with Gasteiger partial charge in [0, 0.05) is 0 Å². The minimum absolute atomic E-state index is 0.0579. The van der Waals surface area contributed by atoms with E-state index in [2.05, 4.69) is 6.58 Å². The number of nitrogens with zero attached hydrogens (tertiary/aromatic N) is 1. The van der Waals surface area contributed by atoms with Crippen LogP contribution in [0.15, 0.2) is 41.8 Å². The smallest absolute Gasteiger partial charge is 0.207 e. The topological polar surface area (TPSA) is 37.4 Å². The van der Waals surface area contributed by atoms with Crippen molar-refractivity contribution >= 4 is 10.0 Å². The first kappa shape index (κ1) is 15.3. The van der Waals surface area contributed by atoms with E-state index in [9.17, 15) is 17.2 Å².